The monoisotopic (exact) mass is 434 g/mol. The van der Waals surface area contributed by atoms with Crippen molar-refractivity contribution in [3.63, 3.8) is 0 Å². The minimum atomic E-state index is 0.0507. The summed E-state index contributed by atoms with van der Waals surface area (Å²) in [7, 11) is 0. The Hall–Kier alpha value is -3.03. The predicted molar refractivity (Wildman–Crippen MR) is 121 cm³/mol. The van der Waals surface area contributed by atoms with Crippen molar-refractivity contribution in [2.75, 3.05) is 31.1 Å². The van der Waals surface area contributed by atoms with Gasteiger partial charge in [-0.2, -0.15) is 4.98 Å². The van der Waals surface area contributed by atoms with Gasteiger partial charge in [0, 0.05) is 42.2 Å². The molecular formula is C23H23ClN6O. The van der Waals surface area contributed by atoms with Crippen LogP contribution in [0.4, 0.5) is 5.82 Å². The smallest absolute Gasteiger partial charge is 0.244 e. The van der Waals surface area contributed by atoms with Crippen molar-refractivity contribution in [1.29, 1.82) is 0 Å². The van der Waals surface area contributed by atoms with Gasteiger partial charge in [0.25, 0.3) is 0 Å². The molecular weight excluding hydrogens is 412 g/mol. The summed E-state index contributed by atoms with van der Waals surface area (Å²) < 4.78 is 5.60. The second kappa shape index (κ2) is 8.24. The Morgan fingerprint density at radius 2 is 1.77 bits per heavy atom. The van der Waals surface area contributed by atoms with Crippen LogP contribution in [0.3, 0.4) is 0 Å². The van der Waals surface area contributed by atoms with Crippen molar-refractivity contribution in [1.82, 2.24) is 25.0 Å². The van der Waals surface area contributed by atoms with Gasteiger partial charge in [-0.15, -0.1) is 0 Å². The van der Waals surface area contributed by atoms with Crippen LogP contribution in [0.5, 0.6) is 0 Å². The summed E-state index contributed by atoms with van der Waals surface area (Å²) in [4.78, 5) is 18.2. The molecule has 0 saturated carbocycles. The topological polar surface area (TPSA) is 71.2 Å². The zero-order valence-corrected chi connectivity index (χ0v) is 18.3. The number of hydrogen-bond acceptors (Lipinski definition) is 7. The van der Waals surface area contributed by atoms with Crippen molar-refractivity contribution in [2.45, 2.75) is 19.9 Å². The third-order valence-electron chi connectivity index (χ3n) is 5.85. The fourth-order valence-electron chi connectivity index (χ4n) is 3.97. The van der Waals surface area contributed by atoms with E-state index in [0.29, 0.717) is 16.7 Å². The zero-order valence-electron chi connectivity index (χ0n) is 17.5. The Balaban J connectivity index is 1.28. The molecule has 1 fully saturated rings. The molecule has 1 saturated heterocycles. The predicted octanol–water partition coefficient (Wildman–Crippen LogP) is 4.52. The number of fused-ring (bicyclic) bond motifs is 1. The Labute approximate surface area is 185 Å². The van der Waals surface area contributed by atoms with Crippen LogP contribution in [-0.2, 0) is 0 Å². The summed E-state index contributed by atoms with van der Waals surface area (Å²) >= 11 is 6.12. The van der Waals surface area contributed by atoms with E-state index < -0.39 is 0 Å². The highest BCUT2D eigenvalue weighted by Crippen LogP contribution is 2.28. The molecule has 31 heavy (non-hydrogen) atoms. The van der Waals surface area contributed by atoms with E-state index in [1.165, 1.54) is 5.56 Å². The first-order chi connectivity index (χ1) is 15.1. The fraction of sp³-hybridized carbons (Fsp3) is 0.304. The van der Waals surface area contributed by atoms with E-state index in [1.807, 2.05) is 30.3 Å². The molecule has 4 aromatic rings. The van der Waals surface area contributed by atoms with E-state index in [9.17, 15) is 0 Å². The van der Waals surface area contributed by atoms with Gasteiger partial charge >= 0.3 is 0 Å². The lowest BCUT2D eigenvalue weighted by molar-refractivity contribution is 0.164. The molecule has 0 aliphatic carbocycles. The van der Waals surface area contributed by atoms with E-state index in [4.69, 9.17) is 16.1 Å². The van der Waals surface area contributed by atoms with Crippen LogP contribution >= 0.6 is 11.6 Å². The third-order valence-corrected chi connectivity index (χ3v) is 6.08. The van der Waals surface area contributed by atoms with Crippen molar-refractivity contribution < 1.29 is 4.52 Å². The van der Waals surface area contributed by atoms with Gasteiger partial charge < -0.3 is 9.42 Å². The minimum Gasteiger partial charge on any atom is -0.353 e. The Morgan fingerprint density at radius 3 is 2.55 bits per heavy atom. The number of benzene rings is 2. The van der Waals surface area contributed by atoms with Gasteiger partial charge in [0.1, 0.15) is 12.1 Å². The summed E-state index contributed by atoms with van der Waals surface area (Å²) in [6.45, 7) is 7.65. The molecule has 1 atom stereocenters. The molecule has 0 spiro atoms. The molecule has 5 rings (SSSR count). The molecule has 8 heteroatoms. The molecule has 0 radical (unpaired) electrons. The number of hydrogen-bond donors (Lipinski definition) is 0. The fourth-order valence-corrected chi connectivity index (χ4v) is 4.14. The third kappa shape index (κ3) is 3.98. The van der Waals surface area contributed by atoms with Crippen molar-refractivity contribution in [2.24, 2.45) is 0 Å². The number of anilines is 1. The van der Waals surface area contributed by atoms with Crippen LogP contribution in [0, 0.1) is 6.92 Å². The minimum absolute atomic E-state index is 0.0507. The highest BCUT2D eigenvalue weighted by Gasteiger charge is 2.27. The van der Waals surface area contributed by atoms with Gasteiger partial charge in [-0.3, -0.25) is 4.90 Å². The molecule has 3 heterocycles. The molecule has 158 valence electrons. The lowest BCUT2D eigenvalue weighted by atomic mass is 10.1. The van der Waals surface area contributed by atoms with Crippen LogP contribution in [0.25, 0.3) is 22.3 Å². The summed E-state index contributed by atoms with van der Waals surface area (Å²) in [6, 6.07) is 14.0. The van der Waals surface area contributed by atoms with Crippen molar-refractivity contribution in [3.05, 3.63) is 65.3 Å². The molecule has 2 aromatic carbocycles. The van der Waals surface area contributed by atoms with Crippen LogP contribution < -0.4 is 4.90 Å². The Morgan fingerprint density at radius 1 is 1.00 bits per heavy atom. The zero-order chi connectivity index (χ0) is 21.4. The standard InChI is InChI=1S/C23H23ClN6O/c1-15-3-5-17(6-4-15)21-27-23(31-28-21)16(2)29-9-11-30(12-10-29)22-19-8-7-18(24)13-20(19)25-14-26-22/h3-8,13-14,16H,9-12H2,1-2H3. The lowest BCUT2D eigenvalue weighted by Crippen LogP contribution is -2.47. The quantitative estimate of drug-likeness (QED) is 0.467. The van der Waals surface area contributed by atoms with Crippen LogP contribution in [0.2, 0.25) is 5.02 Å². The van der Waals surface area contributed by atoms with E-state index in [0.717, 1.165) is 48.5 Å². The first-order valence-electron chi connectivity index (χ1n) is 10.4. The van der Waals surface area contributed by atoms with Gasteiger partial charge in [-0.1, -0.05) is 46.6 Å². The Bertz CT molecular complexity index is 1200. The highest BCUT2D eigenvalue weighted by molar-refractivity contribution is 6.31. The summed E-state index contributed by atoms with van der Waals surface area (Å²) in [5.41, 5.74) is 3.04. The van der Waals surface area contributed by atoms with E-state index >= 15 is 0 Å². The van der Waals surface area contributed by atoms with Crippen LogP contribution in [0.1, 0.15) is 24.4 Å². The molecule has 7 nitrogen and oxygen atoms in total. The van der Waals surface area contributed by atoms with E-state index in [1.54, 1.807) is 6.33 Å². The number of nitrogens with zero attached hydrogens (tertiary/aromatic N) is 6. The van der Waals surface area contributed by atoms with Gasteiger partial charge in [0.2, 0.25) is 11.7 Å². The molecule has 1 unspecified atom stereocenters. The molecule has 1 aliphatic rings. The SMILES string of the molecule is Cc1ccc(-c2noc(C(C)N3CCN(c4ncnc5cc(Cl)ccc45)CC3)n2)cc1. The summed E-state index contributed by atoms with van der Waals surface area (Å²) in [6.07, 6.45) is 1.61. The van der Waals surface area contributed by atoms with Crippen molar-refractivity contribution in [3.8, 4) is 11.4 Å². The maximum absolute atomic E-state index is 6.12. The molecule has 0 amide bonds. The summed E-state index contributed by atoms with van der Waals surface area (Å²) in [5, 5.41) is 5.89. The Kier molecular flexibility index (Phi) is 5.29. The first kappa shape index (κ1) is 19.9. The van der Waals surface area contributed by atoms with Gasteiger partial charge in [-0.05, 0) is 32.0 Å². The number of piperazine rings is 1. The number of rotatable bonds is 4. The van der Waals surface area contributed by atoms with E-state index in [-0.39, 0.29) is 6.04 Å². The maximum Gasteiger partial charge on any atom is 0.244 e. The number of aryl methyl sites for hydroxylation is 1. The van der Waals surface area contributed by atoms with Gasteiger partial charge in [0.15, 0.2) is 0 Å². The second-order valence-electron chi connectivity index (χ2n) is 7.88. The largest absolute Gasteiger partial charge is 0.353 e. The molecule has 1 aliphatic heterocycles. The van der Waals surface area contributed by atoms with E-state index in [2.05, 4.69) is 55.9 Å². The van der Waals surface area contributed by atoms with Gasteiger partial charge in [0.05, 0.1) is 11.6 Å². The average molecular weight is 435 g/mol. The molecule has 0 bridgehead atoms. The number of halogens is 1. The average Bonchev–Trinajstić information content (AvgIpc) is 3.29. The summed E-state index contributed by atoms with van der Waals surface area (Å²) in [5.74, 6) is 2.23. The highest BCUT2D eigenvalue weighted by atomic mass is 35.5. The molecule has 0 N–H and O–H groups in total. The second-order valence-corrected chi connectivity index (χ2v) is 8.32. The van der Waals surface area contributed by atoms with Crippen LogP contribution in [0.15, 0.2) is 53.3 Å². The maximum atomic E-state index is 6.12. The first-order valence-corrected chi connectivity index (χ1v) is 10.8. The molecule has 2 aromatic heterocycles. The van der Waals surface area contributed by atoms with Crippen molar-refractivity contribution >= 4 is 28.3 Å². The number of aromatic nitrogens is 4. The van der Waals surface area contributed by atoms with Crippen LogP contribution in [-0.4, -0.2) is 51.2 Å². The normalized spacial score (nSPS) is 16.0. The van der Waals surface area contributed by atoms with Gasteiger partial charge in [-0.25, -0.2) is 9.97 Å². The lowest BCUT2D eigenvalue weighted by Gasteiger charge is -2.37.